The lowest BCUT2D eigenvalue weighted by Crippen LogP contribution is -2.70. The summed E-state index contributed by atoms with van der Waals surface area (Å²) in [4.78, 5) is 1.92. The molecule has 1 aliphatic rings. The molecule has 0 spiro atoms. The number of sulfonamides is 1. The van der Waals surface area contributed by atoms with Gasteiger partial charge in [0.1, 0.15) is 5.54 Å². The molecule has 0 radical (unpaired) electrons. The lowest BCUT2D eigenvalue weighted by Gasteiger charge is -2.50. The zero-order valence-electron chi connectivity index (χ0n) is 15.9. The van der Waals surface area contributed by atoms with Gasteiger partial charge in [0.2, 0.25) is 10.0 Å². The monoisotopic (exact) mass is 395 g/mol. The van der Waals surface area contributed by atoms with Crippen molar-refractivity contribution < 1.29 is 8.42 Å². The van der Waals surface area contributed by atoms with Gasteiger partial charge in [0, 0.05) is 26.2 Å². The third-order valence-electron chi connectivity index (χ3n) is 5.29. The first-order valence-corrected chi connectivity index (χ1v) is 10.9. The van der Waals surface area contributed by atoms with E-state index in [9.17, 15) is 13.7 Å². The van der Waals surface area contributed by atoms with Crippen LogP contribution in [0.1, 0.15) is 5.56 Å². The first kappa shape index (κ1) is 20.3. The third kappa shape index (κ3) is 3.88. The van der Waals surface area contributed by atoms with E-state index in [0.29, 0.717) is 19.5 Å². The molecule has 1 saturated heterocycles. The first-order valence-electron chi connectivity index (χ1n) is 9.28. The van der Waals surface area contributed by atoms with Crippen LogP contribution >= 0.6 is 0 Å². The van der Waals surface area contributed by atoms with E-state index in [4.69, 9.17) is 0 Å². The quantitative estimate of drug-likeness (QED) is 0.613. The van der Waals surface area contributed by atoms with Crippen molar-refractivity contribution in [2.24, 2.45) is 0 Å². The second kappa shape index (κ2) is 8.27. The zero-order valence-corrected chi connectivity index (χ0v) is 16.7. The second-order valence-corrected chi connectivity index (χ2v) is 9.19. The predicted molar refractivity (Wildman–Crippen MR) is 113 cm³/mol. The summed E-state index contributed by atoms with van der Waals surface area (Å²) in [5, 5.41) is 11.9. The number of nitriles is 1. The highest BCUT2D eigenvalue weighted by atomic mass is 32.2. The van der Waals surface area contributed by atoms with Gasteiger partial charge in [-0.05, 0) is 22.8 Å². The maximum Gasteiger partial charge on any atom is 0.214 e. The average Bonchev–Trinajstić information content (AvgIpc) is 2.66. The molecule has 0 aromatic heterocycles. The minimum Gasteiger partial charge on any atom is -0.276 e. The van der Waals surface area contributed by atoms with Crippen LogP contribution in [0.15, 0.2) is 67.8 Å². The Morgan fingerprint density at radius 1 is 1.11 bits per heavy atom. The lowest BCUT2D eigenvalue weighted by molar-refractivity contribution is 0.0488. The Morgan fingerprint density at radius 3 is 2.39 bits per heavy atom. The summed E-state index contributed by atoms with van der Waals surface area (Å²) >= 11 is 0. The van der Waals surface area contributed by atoms with Crippen molar-refractivity contribution in [2.45, 2.75) is 12.0 Å². The Kier molecular flexibility index (Phi) is 5.99. The summed E-state index contributed by atoms with van der Waals surface area (Å²) in [6.45, 7) is 8.86. The fourth-order valence-electron chi connectivity index (χ4n) is 3.69. The minimum atomic E-state index is -3.43. The van der Waals surface area contributed by atoms with Gasteiger partial charge in [-0.1, -0.05) is 54.6 Å². The summed E-state index contributed by atoms with van der Waals surface area (Å²) in [5.74, 6) is 0.0332. The van der Waals surface area contributed by atoms with E-state index in [2.05, 4.69) is 19.2 Å². The number of benzene rings is 2. The largest absolute Gasteiger partial charge is 0.276 e. The van der Waals surface area contributed by atoms with Crippen molar-refractivity contribution in [3.05, 3.63) is 73.3 Å². The van der Waals surface area contributed by atoms with E-state index in [0.717, 1.165) is 16.3 Å². The topological polar surface area (TPSA) is 64.4 Å². The molecule has 2 aromatic rings. The van der Waals surface area contributed by atoms with Crippen molar-refractivity contribution in [1.82, 2.24) is 9.21 Å². The summed E-state index contributed by atoms with van der Waals surface area (Å²) in [6.07, 6.45) is 3.89. The number of rotatable bonds is 9. The van der Waals surface area contributed by atoms with Gasteiger partial charge in [-0.3, -0.25) is 4.90 Å². The Balaban J connectivity index is 1.70. The van der Waals surface area contributed by atoms with Gasteiger partial charge in [0.15, 0.2) is 0 Å². The highest BCUT2D eigenvalue weighted by Gasteiger charge is 2.51. The van der Waals surface area contributed by atoms with Gasteiger partial charge < -0.3 is 0 Å². The standard InChI is InChI=1S/C22H25N3O2S/c1-3-13-24(14-4-2)22(16-23)17-25(18-22)28(26,27)15-12-20-10-7-9-19-8-5-6-11-21(19)20/h3-11H,1-2,12-15,17-18H2. The Labute approximate surface area is 167 Å². The molecule has 1 aliphatic heterocycles. The van der Waals surface area contributed by atoms with E-state index in [-0.39, 0.29) is 18.8 Å². The molecule has 0 saturated carbocycles. The summed E-state index contributed by atoms with van der Waals surface area (Å²) in [7, 11) is -3.43. The van der Waals surface area contributed by atoms with Gasteiger partial charge in [-0.2, -0.15) is 9.57 Å². The number of hydrogen-bond donors (Lipinski definition) is 0. The van der Waals surface area contributed by atoms with Crippen molar-refractivity contribution in [1.29, 1.82) is 5.26 Å². The van der Waals surface area contributed by atoms with E-state index in [1.54, 1.807) is 12.2 Å². The zero-order chi connectivity index (χ0) is 20.2. The number of fused-ring (bicyclic) bond motifs is 1. The normalized spacial score (nSPS) is 16.4. The van der Waals surface area contributed by atoms with Crippen LogP contribution in [0.4, 0.5) is 0 Å². The Hall–Kier alpha value is -2.46. The highest BCUT2D eigenvalue weighted by Crippen LogP contribution is 2.30. The molecule has 0 atom stereocenters. The smallest absolute Gasteiger partial charge is 0.214 e. The van der Waals surface area contributed by atoms with Crippen molar-refractivity contribution in [3.63, 3.8) is 0 Å². The van der Waals surface area contributed by atoms with E-state index >= 15 is 0 Å². The van der Waals surface area contributed by atoms with Crippen LogP contribution in [0, 0.1) is 11.3 Å². The molecule has 146 valence electrons. The summed E-state index contributed by atoms with van der Waals surface area (Å²) in [6, 6.07) is 16.2. The van der Waals surface area contributed by atoms with Crippen LogP contribution in [0.5, 0.6) is 0 Å². The van der Waals surface area contributed by atoms with Crippen LogP contribution in [-0.4, -0.2) is 55.1 Å². The molecule has 5 nitrogen and oxygen atoms in total. The van der Waals surface area contributed by atoms with E-state index in [1.807, 2.05) is 47.4 Å². The first-order chi connectivity index (χ1) is 13.5. The van der Waals surface area contributed by atoms with Crippen LogP contribution in [0.25, 0.3) is 10.8 Å². The minimum absolute atomic E-state index is 0.0332. The molecule has 2 aromatic carbocycles. The molecule has 3 rings (SSSR count). The van der Waals surface area contributed by atoms with Gasteiger partial charge >= 0.3 is 0 Å². The SMILES string of the molecule is C=CCN(CC=C)C1(C#N)CN(S(=O)(=O)CCc2cccc3ccccc23)C1. The molecule has 28 heavy (non-hydrogen) atoms. The molecule has 0 N–H and O–H groups in total. The Morgan fingerprint density at radius 2 is 1.75 bits per heavy atom. The van der Waals surface area contributed by atoms with E-state index < -0.39 is 15.6 Å². The summed E-state index contributed by atoms with van der Waals surface area (Å²) < 4.78 is 27.1. The second-order valence-electron chi connectivity index (χ2n) is 7.10. The van der Waals surface area contributed by atoms with Crippen molar-refractivity contribution in [3.8, 4) is 6.07 Å². The van der Waals surface area contributed by atoms with E-state index in [1.165, 1.54) is 4.31 Å². The van der Waals surface area contributed by atoms with Gasteiger partial charge in [-0.15, -0.1) is 13.2 Å². The number of hydrogen-bond acceptors (Lipinski definition) is 4. The lowest BCUT2D eigenvalue weighted by atomic mass is 9.91. The Bertz CT molecular complexity index is 1000. The molecule has 0 aliphatic carbocycles. The maximum atomic E-state index is 12.8. The number of nitrogens with zero attached hydrogens (tertiary/aromatic N) is 3. The molecule has 0 bridgehead atoms. The van der Waals surface area contributed by atoms with Crippen LogP contribution in [0.3, 0.4) is 0 Å². The molecule has 0 unspecified atom stereocenters. The fraction of sp³-hybridized carbons (Fsp3) is 0.318. The van der Waals surface area contributed by atoms with Crippen molar-refractivity contribution >= 4 is 20.8 Å². The predicted octanol–water partition coefficient (Wildman–Crippen LogP) is 2.96. The van der Waals surface area contributed by atoms with Gasteiger partial charge in [0.05, 0.1) is 11.8 Å². The van der Waals surface area contributed by atoms with Gasteiger partial charge in [-0.25, -0.2) is 8.42 Å². The van der Waals surface area contributed by atoms with Crippen LogP contribution < -0.4 is 0 Å². The molecular weight excluding hydrogens is 370 g/mol. The maximum absolute atomic E-state index is 12.8. The van der Waals surface area contributed by atoms with Crippen molar-refractivity contribution in [2.75, 3.05) is 31.9 Å². The molecule has 1 fully saturated rings. The molecular formula is C22H25N3O2S. The van der Waals surface area contributed by atoms with Crippen LogP contribution in [0.2, 0.25) is 0 Å². The molecule has 6 heteroatoms. The van der Waals surface area contributed by atoms with Crippen LogP contribution in [-0.2, 0) is 16.4 Å². The highest BCUT2D eigenvalue weighted by molar-refractivity contribution is 7.89. The third-order valence-corrected chi connectivity index (χ3v) is 7.06. The number of aryl methyl sites for hydroxylation is 1. The summed E-state index contributed by atoms with van der Waals surface area (Å²) in [5.41, 5.74) is 0.211. The molecule has 1 heterocycles. The average molecular weight is 396 g/mol. The molecule has 0 amide bonds. The fourth-order valence-corrected chi connectivity index (χ4v) is 5.25. The van der Waals surface area contributed by atoms with Gasteiger partial charge in [0.25, 0.3) is 0 Å².